The summed E-state index contributed by atoms with van der Waals surface area (Å²) in [5.74, 6) is 0.415. The van der Waals surface area contributed by atoms with Crippen LogP contribution in [0, 0.1) is 0 Å². The van der Waals surface area contributed by atoms with Gasteiger partial charge >= 0.3 is 0 Å². The lowest BCUT2D eigenvalue weighted by molar-refractivity contribution is -0.124. The van der Waals surface area contributed by atoms with E-state index in [0.29, 0.717) is 30.4 Å². The summed E-state index contributed by atoms with van der Waals surface area (Å²) >= 11 is 1.44. The molecule has 20 heavy (non-hydrogen) atoms. The number of nitrogens with zero attached hydrogens (tertiary/aromatic N) is 3. The van der Waals surface area contributed by atoms with Gasteiger partial charge in [0.05, 0.1) is 6.26 Å². The van der Waals surface area contributed by atoms with Crippen LogP contribution in [-0.2, 0) is 14.8 Å². The summed E-state index contributed by atoms with van der Waals surface area (Å²) in [6.45, 7) is 0.877. The third-order valence-electron chi connectivity index (χ3n) is 2.97. The number of rotatable bonds is 6. The number of amides is 1. The topological polar surface area (TPSA) is 108 Å². The van der Waals surface area contributed by atoms with Crippen molar-refractivity contribution in [3.8, 4) is 0 Å². The number of nitrogens with one attached hydrogen (secondary N) is 2. The molecule has 1 aromatic heterocycles. The van der Waals surface area contributed by atoms with Crippen LogP contribution in [0.25, 0.3) is 0 Å². The molecule has 1 saturated heterocycles. The molecule has 112 valence electrons. The zero-order valence-electron chi connectivity index (χ0n) is 11.1. The molecule has 1 aliphatic heterocycles. The minimum Gasteiger partial charge on any atom is -0.354 e. The highest BCUT2D eigenvalue weighted by Gasteiger charge is 2.36. The van der Waals surface area contributed by atoms with Crippen LogP contribution in [0.15, 0.2) is 11.5 Å². The number of H-pyrrole nitrogens is 1. The van der Waals surface area contributed by atoms with Crippen LogP contribution < -0.4 is 5.32 Å². The second-order valence-corrected chi connectivity index (χ2v) is 7.48. The van der Waals surface area contributed by atoms with Gasteiger partial charge in [-0.3, -0.25) is 9.89 Å². The van der Waals surface area contributed by atoms with E-state index in [1.165, 1.54) is 22.4 Å². The molecule has 0 spiro atoms. The molecule has 1 aliphatic rings. The van der Waals surface area contributed by atoms with E-state index in [-0.39, 0.29) is 5.91 Å². The van der Waals surface area contributed by atoms with Crippen LogP contribution in [0.4, 0.5) is 0 Å². The lowest BCUT2D eigenvalue weighted by Gasteiger charge is -2.21. The number of aromatic amines is 1. The van der Waals surface area contributed by atoms with Crippen molar-refractivity contribution in [3.63, 3.8) is 0 Å². The number of carbonyl (C=O) groups is 1. The Hall–Kier alpha value is -1.13. The van der Waals surface area contributed by atoms with Crippen molar-refractivity contribution in [2.75, 3.05) is 25.1 Å². The SMILES string of the molecule is CS(=O)(=O)N1CCC[C@H]1C(=O)NCCSc1ncn[nH]1. The summed E-state index contributed by atoms with van der Waals surface area (Å²) in [6.07, 6.45) is 3.86. The van der Waals surface area contributed by atoms with Gasteiger partial charge in [0.15, 0.2) is 5.16 Å². The van der Waals surface area contributed by atoms with Gasteiger partial charge in [0.2, 0.25) is 15.9 Å². The van der Waals surface area contributed by atoms with Crippen molar-refractivity contribution in [1.29, 1.82) is 0 Å². The Morgan fingerprint density at radius 1 is 1.65 bits per heavy atom. The molecule has 2 N–H and O–H groups in total. The molecule has 0 radical (unpaired) electrons. The van der Waals surface area contributed by atoms with E-state index in [0.717, 1.165) is 12.7 Å². The van der Waals surface area contributed by atoms with E-state index < -0.39 is 16.1 Å². The predicted molar refractivity (Wildman–Crippen MR) is 74.7 cm³/mol. The third kappa shape index (κ3) is 3.93. The Morgan fingerprint density at radius 3 is 3.10 bits per heavy atom. The van der Waals surface area contributed by atoms with Gasteiger partial charge in [-0.1, -0.05) is 11.8 Å². The number of aromatic nitrogens is 3. The molecular weight excluding hydrogens is 302 g/mol. The summed E-state index contributed by atoms with van der Waals surface area (Å²) in [4.78, 5) is 16.0. The molecule has 8 nitrogen and oxygen atoms in total. The molecule has 0 saturated carbocycles. The fourth-order valence-electron chi connectivity index (χ4n) is 2.10. The van der Waals surface area contributed by atoms with Crippen molar-refractivity contribution >= 4 is 27.7 Å². The molecule has 0 aliphatic carbocycles. The van der Waals surface area contributed by atoms with E-state index in [4.69, 9.17) is 0 Å². The molecule has 1 aromatic rings. The highest BCUT2D eigenvalue weighted by molar-refractivity contribution is 7.99. The molecule has 1 fully saturated rings. The molecular formula is C10H17N5O3S2. The number of hydrogen-bond acceptors (Lipinski definition) is 6. The fourth-order valence-corrected chi connectivity index (χ4v) is 3.86. The van der Waals surface area contributed by atoms with Crippen LogP contribution in [0.1, 0.15) is 12.8 Å². The maximum Gasteiger partial charge on any atom is 0.238 e. The maximum atomic E-state index is 12.0. The Bertz CT molecular complexity index is 545. The first-order valence-electron chi connectivity index (χ1n) is 6.21. The second kappa shape index (κ2) is 6.55. The highest BCUT2D eigenvalue weighted by Crippen LogP contribution is 2.20. The standard InChI is InChI=1S/C10H17N5O3S2/c1-20(17,18)15-5-2-3-8(15)9(16)11-4-6-19-10-12-7-13-14-10/h7-8H,2-6H2,1H3,(H,11,16)(H,12,13,14)/t8-/m0/s1. The average molecular weight is 319 g/mol. The van der Waals surface area contributed by atoms with Crippen LogP contribution in [0.5, 0.6) is 0 Å². The zero-order valence-corrected chi connectivity index (χ0v) is 12.7. The first kappa shape index (κ1) is 15.3. The lowest BCUT2D eigenvalue weighted by Crippen LogP contribution is -2.45. The van der Waals surface area contributed by atoms with Gasteiger partial charge in [0, 0.05) is 18.8 Å². The molecule has 0 unspecified atom stereocenters. The molecule has 1 atom stereocenters. The number of sulfonamides is 1. The van der Waals surface area contributed by atoms with Crippen LogP contribution in [0.3, 0.4) is 0 Å². The monoisotopic (exact) mass is 319 g/mol. The van der Waals surface area contributed by atoms with E-state index in [1.807, 2.05) is 0 Å². The molecule has 2 rings (SSSR count). The predicted octanol–water partition coefficient (Wildman–Crippen LogP) is -0.563. The van der Waals surface area contributed by atoms with Crippen molar-refractivity contribution in [2.24, 2.45) is 0 Å². The smallest absolute Gasteiger partial charge is 0.238 e. The van der Waals surface area contributed by atoms with E-state index in [9.17, 15) is 13.2 Å². The zero-order chi connectivity index (χ0) is 14.6. The lowest BCUT2D eigenvalue weighted by atomic mass is 10.2. The fraction of sp³-hybridized carbons (Fsp3) is 0.700. The highest BCUT2D eigenvalue weighted by atomic mass is 32.2. The Labute approximate surface area is 121 Å². The first-order valence-corrected chi connectivity index (χ1v) is 9.04. The number of thioether (sulfide) groups is 1. The molecule has 0 aromatic carbocycles. The largest absolute Gasteiger partial charge is 0.354 e. The normalized spacial score (nSPS) is 20.1. The van der Waals surface area contributed by atoms with Crippen molar-refractivity contribution < 1.29 is 13.2 Å². The van der Waals surface area contributed by atoms with Gasteiger partial charge in [-0.15, -0.1) is 0 Å². The maximum absolute atomic E-state index is 12.0. The summed E-state index contributed by atoms with van der Waals surface area (Å²) in [6, 6.07) is -0.569. The summed E-state index contributed by atoms with van der Waals surface area (Å²) in [5.41, 5.74) is 0. The van der Waals surface area contributed by atoms with Crippen molar-refractivity contribution in [3.05, 3.63) is 6.33 Å². The van der Waals surface area contributed by atoms with E-state index in [1.54, 1.807) is 0 Å². The quantitative estimate of drug-likeness (QED) is 0.537. The second-order valence-electron chi connectivity index (χ2n) is 4.46. The summed E-state index contributed by atoms with van der Waals surface area (Å²) in [5, 5.41) is 9.88. The number of hydrogen-bond donors (Lipinski definition) is 2. The van der Waals surface area contributed by atoms with Gasteiger partial charge < -0.3 is 5.32 Å². The third-order valence-corrected chi connectivity index (χ3v) is 5.13. The Balaban J connectivity index is 1.77. The van der Waals surface area contributed by atoms with Gasteiger partial charge in [0.1, 0.15) is 12.4 Å². The van der Waals surface area contributed by atoms with Crippen LogP contribution >= 0.6 is 11.8 Å². The summed E-state index contributed by atoms with van der Waals surface area (Å²) in [7, 11) is -3.32. The van der Waals surface area contributed by atoms with Crippen molar-refractivity contribution in [2.45, 2.75) is 24.0 Å². The van der Waals surface area contributed by atoms with Gasteiger partial charge in [-0.25, -0.2) is 13.4 Å². The minimum absolute atomic E-state index is 0.230. The summed E-state index contributed by atoms with van der Waals surface area (Å²) < 4.78 is 24.4. The van der Waals surface area contributed by atoms with Crippen molar-refractivity contribution in [1.82, 2.24) is 24.8 Å². The minimum atomic E-state index is -3.32. The molecule has 1 amide bonds. The first-order chi connectivity index (χ1) is 9.48. The Morgan fingerprint density at radius 2 is 2.45 bits per heavy atom. The van der Waals surface area contributed by atoms with Gasteiger partial charge in [-0.05, 0) is 12.8 Å². The molecule has 0 bridgehead atoms. The van der Waals surface area contributed by atoms with Crippen LogP contribution in [0.2, 0.25) is 0 Å². The van der Waals surface area contributed by atoms with Gasteiger partial charge in [0.25, 0.3) is 0 Å². The van der Waals surface area contributed by atoms with Gasteiger partial charge in [-0.2, -0.15) is 9.40 Å². The number of carbonyl (C=O) groups excluding carboxylic acids is 1. The van der Waals surface area contributed by atoms with E-state index in [2.05, 4.69) is 20.5 Å². The Kier molecular flexibility index (Phi) is 5.00. The molecule has 2 heterocycles. The van der Waals surface area contributed by atoms with E-state index >= 15 is 0 Å². The molecule has 10 heteroatoms. The average Bonchev–Trinajstić information content (AvgIpc) is 3.03. The van der Waals surface area contributed by atoms with Crippen LogP contribution in [-0.4, -0.2) is 65.0 Å².